The maximum atomic E-state index is 13.0. The summed E-state index contributed by atoms with van der Waals surface area (Å²) in [6.45, 7) is 7.50. The molecule has 0 aromatic heterocycles. The molecule has 0 saturated heterocycles. The Bertz CT molecular complexity index is 1100. The Morgan fingerprint density at radius 2 is 1.64 bits per heavy atom. The number of anilines is 2. The second-order valence-corrected chi connectivity index (χ2v) is 11.1. The first-order valence-electron chi connectivity index (χ1n) is 9.29. The number of aryl methyl sites for hydroxylation is 4. The SMILES string of the molecule is CCS(=O)(=O)N1CCCc2ccc(NS(=O)(=O)c3c(C)cc(C)cc3C)cc21. The largest absolute Gasteiger partial charge is 0.280 e. The van der Waals surface area contributed by atoms with Gasteiger partial charge in [0.15, 0.2) is 0 Å². The third-order valence-corrected chi connectivity index (χ3v) is 8.45. The molecule has 8 heteroatoms. The number of nitrogens with zero attached hydrogens (tertiary/aromatic N) is 1. The molecule has 0 bridgehead atoms. The first-order chi connectivity index (χ1) is 13.0. The molecule has 2 aromatic carbocycles. The Balaban J connectivity index is 2.02. The van der Waals surface area contributed by atoms with Gasteiger partial charge in [-0.05, 0) is 69.4 Å². The van der Waals surface area contributed by atoms with Crippen molar-refractivity contribution in [3.8, 4) is 0 Å². The van der Waals surface area contributed by atoms with Crippen molar-refractivity contribution in [2.24, 2.45) is 0 Å². The number of fused-ring (bicyclic) bond motifs is 1. The molecule has 28 heavy (non-hydrogen) atoms. The van der Waals surface area contributed by atoms with E-state index in [1.54, 1.807) is 39.0 Å². The monoisotopic (exact) mass is 422 g/mol. The van der Waals surface area contributed by atoms with E-state index in [0.717, 1.165) is 24.0 Å². The van der Waals surface area contributed by atoms with Crippen molar-refractivity contribution in [2.45, 2.75) is 45.4 Å². The fourth-order valence-corrected chi connectivity index (χ4v) is 6.54. The first-order valence-corrected chi connectivity index (χ1v) is 12.4. The molecule has 2 aromatic rings. The van der Waals surface area contributed by atoms with Crippen LogP contribution in [0.3, 0.4) is 0 Å². The number of hydrogen-bond donors (Lipinski definition) is 1. The van der Waals surface area contributed by atoms with Gasteiger partial charge >= 0.3 is 0 Å². The molecule has 0 amide bonds. The first kappa shape index (κ1) is 20.7. The second-order valence-electron chi connectivity index (χ2n) is 7.25. The molecule has 0 atom stereocenters. The normalized spacial score (nSPS) is 14.6. The predicted molar refractivity (Wildman–Crippen MR) is 113 cm³/mol. The van der Waals surface area contributed by atoms with Crippen LogP contribution in [0, 0.1) is 20.8 Å². The van der Waals surface area contributed by atoms with Gasteiger partial charge < -0.3 is 0 Å². The minimum Gasteiger partial charge on any atom is -0.280 e. The zero-order valence-corrected chi connectivity index (χ0v) is 18.2. The molecule has 0 aliphatic carbocycles. The molecule has 0 radical (unpaired) electrons. The zero-order chi connectivity index (χ0) is 20.7. The fourth-order valence-electron chi connectivity index (χ4n) is 3.85. The number of hydrogen-bond acceptors (Lipinski definition) is 4. The van der Waals surface area contributed by atoms with Crippen molar-refractivity contribution in [3.63, 3.8) is 0 Å². The standard InChI is InChI=1S/C20H26N2O4S2/c1-5-27(23,24)22-10-6-7-17-8-9-18(13-19(17)22)21-28(25,26)20-15(3)11-14(2)12-16(20)4/h8-9,11-13,21H,5-7,10H2,1-4H3. The highest BCUT2D eigenvalue weighted by Crippen LogP contribution is 2.33. The maximum absolute atomic E-state index is 13.0. The molecule has 0 saturated carbocycles. The summed E-state index contributed by atoms with van der Waals surface area (Å²) in [7, 11) is -7.20. The summed E-state index contributed by atoms with van der Waals surface area (Å²) in [5.41, 5.74) is 4.19. The Hall–Kier alpha value is -2.06. The van der Waals surface area contributed by atoms with E-state index in [9.17, 15) is 16.8 Å². The number of nitrogens with one attached hydrogen (secondary N) is 1. The van der Waals surface area contributed by atoms with Crippen molar-refractivity contribution >= 4 is 31.4 Å². The summed E-state index contributed by atoms with van der Waals surface area (Å²) in [6.07, 6.45) is 1.52. The van der Waals surface area contributed by atoms with Gasteiger partial charge in [-0.25, -0.2) is 16.8 Å². The fraction of sp³-hybridized carbons (Fsp3) is 0.400. The van der Waals surface area contributed by atoms with Gasteiger partial charge in [0.1, 0.15) is 0 Å². The van der Waals surface area contributed by atoms with E-state index in [1.807, 2.05) is 19.1 Å². The van der Waals surface area contributed by atoms with Gasteiger partial charge in [0.25, 0.3) is 10.0 Å². The molecule has 1 aliphatic heterocycles. The van der Waals surface area contributed by atoms with Gasteiger partial charge in [0.2, 0.25) is 10.0 Å². The summed E-state index contributed by atoms with van der Waals surface area (Å²) < 4.78 is 54.9. The van der Waals surface area contributed by atoms with Crippen LogP contribution in [0.25, 0.3) is 0 Å². The van der Waals surface area contributed by atoms with Crippen LogP contribution in [0.15, 0.2) is 35.2 Å². The van der Waals surface area contributed by atoms with Gasteiger partial charge in [-0.15, -0.1) is 0 Å². The van der Waals surface area contributed by atoms with Crippen molar-refractivity contribution < 1.29 is 16.8 Å². The Kier molecular flexibility index (Phi) is 5.46. The number of rotatable bonds is 5. The van der Waals surface area contributed by atoms with Crippen LogP contribution in [-0.4, -0.2) is 29.1 Å². The van der Waals surface area contributed by atoms with E-state index in [0.29, 0.717) is 29.0 Å². The van der Waals surface area contributed by atoms with Crippen LogP contribution < -0.4 is 9.03 Å². The van der Waals surface area contributed by atoms with Crippen molar-refractivity contribution in [1.29, 1.82) is 0 Å². The zero-order valence-electron chi connectivity index (χ0n) is 16.6. The van der Waals surface area contributed by atoms with Gasteiger partial charge in [-0.1, -0.05) is 23.8 Å². The molecular weight excluding hydrogens is 396 g/mol. The quantitative estimate of drug-likeness (QED) is 0.799. The molecule has 3 rings (SSSR count). The highest BCUT2D eigenvalue weighted by molar-refractivity contribution is 7.93. The van der Waals surface area contributed by atoms with E-state index in [2.05, 4.69) is 4.72 Å². The predicted octanol–water partition coefficient (Wildman–Crippen LogP) is 3.51. The maximum Gasteiger partial charge on any atom is 0.262 e. The molecule has 6 nitrogen and oxygen atoms in total. The summed E-state index contributed by atoms with van der Waals surface area (Å²) in [4.78, 5) is 0.258. The van der Waals surface area contributed by atoms with Gasteiger partial charge in [-0.2, -0.15) is 0 Å². The Morgan fingerprint density at radius 3 is 2.25 bits per heavy atom. The topological polar surface area (TPSA) is 83.6 Å². The van der Waals surface area contributed by atoms with E-state index >= 15 is 0 Å². The summed E-state index contributed by atoms with van der Waals surface area (Å²) >= 11 is 0. The van der Waals surface area contributed by atoms with Crippen molar-refractivity contribution in [1.82, 2.24) is 0 Å². The third-order valence-electron chi connectivity index (χ3n) is 4.99. The minimum absolute atomic E-state index is 0.00412. The second kappa shape index (κ2) is 7.40. The highest BCUT2D eigenvalue weighted by atomic mass is 32.2. The van der Waals surface area contributed by atoms with Crippen LogP contribution in [-0.2, 0) is 26.5 Å². The van der Waals surface area contributed by atoms with Gasteiger partial charge in [-0.3, -0.25) is 9.03 Å². The molecule has 1 N–H and O–H groups in total. The Labute approximate surface area is 167 Å². The lowest BCUT2D eigenvalue weighted by Crippen LogP contribution is -2.36. The average Bonchev–Trinajstić information content (AvgIpc) is 2.59. The van der Waals surface area contributed by atoms with Gasteiger partial charge in [0, 0.05) is 6.54 Å². The summed E-state index contributed by atoms with van der Waals surface area (Å²) in [5, 5.41) is 0. The van der Waals surface area contributed by atoms with Crippen LogP contribution in [0.2, 0.25) is 0 Å². The summed E-state index contributed by atoms with van der Waals surface area (Å²) in [6, 6.07) is 8.79. The van der Waals surface area contributed by atoms with Crippen LogP contribution >= 0.6 is 0 Å². The Morgan fingerprint density at radius 1 is 1.00 bits per heavy atom. The molecule has 0 unspecified atom stereocenters. The molecule has 1 heterocycles. The number of sulfonamides is 2. The van der Waals surface area contributed by atoms with E-state index in [4.69, 9.17) is 0 Å². The van der Waals surface area contributed by atoms with Crippen LogP contribution in [0.4, 0.5) is 11.4 Å². The third kappa shape index (κ3) is 3.89. The van der Waals surface area contributed by atoms with Gasteiger partial charge in [0.05, 0.1) is 22.0 Å². The molecule has 0 fully saturated rings. The molecule has 0 spiro atoms. The lowest BCUT2D eigenvalue weighted by Gasteiger charge is -2.30. The lowest BCUT2D eigenvalue weighted by atomic mass is 10.0. The minimum atomic E-state index is -3.79. The van der Waals surface area contributed by atoms with E-state index in [-0.39, 0.29) is 10.6 Å². The van der Waals surface area contributed by atoms with E-state index < -0.39 is 20.0 Å². The van der Waals surface area contributed by atoms with Crippen molar-refractivity contribution in [3.05, 3.63) is 52.6 Å². The van der Waals surface area contributed by atoms with E-state index in [1.165, 1.54) is 4.31 Å². The molecular formula is C20H26N2O4S2. The lowest BCUT2D eigenvalue weighted by molar-refractivity contribution is 0.587. The highest BCUT2D eigenvalue weighted by Gasteiger charge is 2.27. The average molecular weight is 423 g/mol. The molecule has 1 aliphatic rings. The molecule has 152 valence electrons. The van der Waals surface area contributed by atoms with Crippen molar-refractivity contribution in [2.75, 3.05) is 21.3 Å². The van der Waals surface area contributed by atoms with Crippen LogP contribution in [0.1, 0.15) is 35.6 Å². The summed E-state index contributed by atoms with van der Waals surface area (Å²) in [5.74, 6) is 0.00412. The smallest absolute Gasteiger partial charge is 0.262 e. The number of benzene rings is 2. The van der Waals surface area contributed by atoms with Crippen LogP contribution in [0.5, 0.6) is 0 Å².